The van der Waals surface area contributed by atoms with Gasteiger partial charge in [0.15, 0.2) is 0 Å². The summed E-state index contributed by atoms with van der Waals surface area (Å²) in [6, 6.07) is 14.0. The lowest BCUT2D eigenvalue weighted by atomic mass is 9.92. The molecule has 0 spiro atoms. The minimum absolute atomic E-state index is 0.206. The quantitative estimate of drug-likeness (QED) is 0.618. The number of rotatable bonds is 2. The third-order valence-corrected chi connectivity index (χ3v) is 4.76. The molecule has 0 aliphatic carbocycles. The van der Waals surface area contributed by atoms with Gasteiger partial charge in [-0.15, -0.1) is 0 Å². The summed E-state index contributed by atoms with van der Waals surface area (Å²) in [7, 11) is 0. The van der Waals surface area contributed by atoms with Crippen LogP contribution in [0.25, 0.3) is 6.08 Å². The van der Waals surface area contributed by atoms with E-state index >= 15 is 0 Å². The number of fused-ring (bicyclic) bond motifs is 1. The molecule has 0 aromatic heterocycles. The van der Waals surface area contributed by atoms with Gasteiger partial charge in [0, 0.05) is 11.6 Å². The van der Waals surface area contributed by atoms with Gasteiger partial charge in [0.25, 0.3) is 0 Å². The zero-order chi connectivity index (χ0) is 19.6. The van der Waals surface area contributed by atoms with E-state index in [0.29, 0.717) is 11.6 Å². The number of halogens is 1. The molecule has 0 N–H and O–H groups in total. The summed E-state index contributed by atoms with van der Waals surface area (Å²) >= 11 is 6.25. The highest BCUT2D eigenvalue weighted by atomic mass is 35.5. The molecule has 1 aliphatic rings. The van der Waals surface area contributed by atoms with Crippen molar-refractivity contribution in [3.63, 3.8) is 0 Å². The Bertz CT molecular complexity index is 867. The highest BCUT2D eigenvalue weighted by molar-refractivity contribution is 6.30. The minimum atomic E-state index is -0.531. The van der Waals surface area contributed by atoms with Crippen LogP contribution >= 0.6 is 11.6 Å². The van der Waals surface area contributed by atoms with Crippen LogP contribution in [0.15, 0.2) is 48.5 Å². The first-order valence-corrected chi connectivity index (χ1v) is 9.63. The minimum Gasteiger partial charge on any atom is -0.444 e. The number of carbonyl (C=O) groups is 1. The van der Waals surface area contributed by atoms with Crippen LogP contribution in [0.3, 0.4) is 0 Å². The molecule has 3 nitrogen and oxygen atoms in total. The van der Waals surface area contributed by atoms with Gasteiger partial charge in [0.05, 0.1) is 6.04 Å². The molecule has 1 amide bonds. The first kappa shape index (κ1) is 19.5. The Balaban J connectivity index is 1.97. The first-order chi connectivity index (χ1) is 12.7. The molecule has 0 bridgehead atoms. The van der Waals surface area contributed by atoms with Crippen molar-refractivity contribution >= 4 is 23.8 Å². The predicted molar refractivity (Wildman–Crippen MR) is 111 cm³/mol. The fraction of sp³-hybridized carbons (Fsp3) is 0.348. The summed E-state index contributed by atoms with van der Waals surface area (Å²) in [5, 5.41) is 0.675. The third-order valence-electron chi connectivity index (χ3n) is 4.53. The molecule has 142 valence electrons. The van der Waals surface area contributed by atoms with E-state index in [9.17, 15) is 4.79 Å². The molecule has 4 heteroatoms. The second kappa shape index (κ2) is 7.77. The van der Waals surface area contributed by atoms with Crippen molar-refractivity contribution < 1.29 is 9.53 Å². The van der Waals surface area contributed by atoms with Crippen molar-refractivity contribution in [2.75, 3.05) is 6.54 Å². The van der Waals surface area contributed by atoms with Crippen molar-refractivity contribution in [1.82, 2.24) is 4.90 Å². The van der Waals surface area contributed by atoms with E-state index in [1.807, 2.05) is 39.0 Å². The number of hydrogen-bond acceptors (Lipinski definition) is 2. The van der Waals surface area contributed by atoms with Gasteiger partial charge in [-0.3, -0.25) is 4.90 Å². The van der Waals surface area contributed by atoms with E-state index in [2.05, 4.69) is 43.3 Å². The molecule has 3 rings (SSSR count). The Hall–Kier alpha value is -2.26. The number of nitrogens with zero attached hydrogens (tertiary/aromatic N) is 1. The Morgan fingerprint density at radius 2 is 2.00 bits per heavy atom. The van der Waals surface area contributed by atoms with E-state index < -0.39 is 5.60 Å². The third kappa shape index (κ3) is 4.92. The smallest absolute Gasteiger partial charge is 0.411 e. The van der Waals surface area contributed by atoms with Gasteiger partial charge in [-0.25, -0.2) is 4.79 Å². The fourth-order valence-corrected chi connectivity index (χ4v) is 3.51. The van der Waals surface area contributed by atoms with Crippen molar-refractivity contribution in [1.29, 1.82) is 0 Å². The van der Waals surface area contributed by atoms with Crippen molar-refractivity contribution in [2.45, 2.75) is 45.8 Å². The van der Waals surface area contributed by atoms with E-state index in [4.69, 9.17) is 16.3 Å². The lowest BCUT2D eigenvalue weighted by Crippen LogP contribution is -2.42. The molecule has 0 unspecified atom stereocenters. The SMILES string of the molecule is Cc1cccc(/C=C/[C@@H]2c3cc(Cl)ccc3CCN2C(=O)OC(C)(C)C)c1. The van der Waals surface area contributed by atoms with Crippen LogP contribution in [0, 0.1) is 6.92 Å². The number of benzene rings is 2. The maximum Gasteiger partial charge on any atom is 0.411 e. The van der Waals surface area contributed by atoms with E-state index in [1.165, 1.54) is 11.1 Å². The molecule has 0 radical (unpaired) electrons. The van der Waals surface area contributed by atoms with Crippen molar-refractivity contribution in [3.05, 3.63) is 75.8 Å². The van der Waals surface area contributed by atoms with E-state index in [0.717, 1.165) is 17.5 Å². The second-order valence-electron chi connectivity index (χ2n) is 7.98. The Kier molecular flexibility index (Phi) is 5.61. The average Bonchev–Trinajstić information content (AvgIpc) is 2.58. The van der Waals surface area contributed by atoms with Crippen LogP contribution in [0.2, 0.25) is 5.02 Å². The molecule has 0 saturated carbocycles. The number of ether oxygens (including phenoxy) is 1. The number of hydrogen-bond donors (Lipinski definition) is 0. The van der Waals surface area contributed by atoms with E-state index in [-0.39, 0.29) is 12.1 Å². The molecule has 2 aromatic carbocycles. The van der Waals surface area contributed by atoms with Gasteiger partial charge in [-0.1, -0.05) is 59.6 Å². The zero-order valence-corrected chi connectivity index (χ0v) is 17.1. The van der Waals surface area contributed by atoms with Gasteiger partial charge in [-0.2, -0.15) is 0 Å². The van der Waals surface area contributed by atoms with Crippen LogP contribution in [0.5, 0.6) is 0 Å². The molecule has 1 aliphatic heterocycles. The number of amides is 1. The predicted octanol–water partition coefficient (Wildman–Crippen LogP) is 6.20. The summed E-state index contributed by atoms with van der Waals surface area (Å²) in [6.07, 6.45) is 4.62. The monoisotopic (exact) mass is 383 g/mol. The lowest BCUT2D eigenvalue weighted by Gasteiger charge is -2.37. The Labute approximate surface area is 166 Å². The molecule has 1 atom stereocenters. The topological polar surface area (TPSA) is 29.5 Å². The number of carbonyl (C=O) groups excluding carboxylic acids is 1. The summed E-state index contributed by atoms with van der Waals surface area (Å²) in [6.45, 7) is 8.35. The second-order valence-corrected chi connectivity index (χ2v) is 8.42. The average molecular weight is 384 g/mol. The van der Waals surface area contributed by atoms with Crippen LogP contribution in [0.1, 0.15) is 49.1 Å². The van der Waals surface area contributed by atoms with Gasteiger partial charge in [-0.05, 0) is 62.9 Å². The summed E-state index contributed by atoms with van der Waals surface area (Å²) in [5.41, 5.74) is 4.05. The normalized spacial score (nSPS) is 17.1. The van der Waals surface area contributed by atoms with Crippen LogP contribution in [-0.4, -0.2) is 23.1 Å². The standard InChI is InChI=1S/C23H26ClNO2/c1-16-6-5-7-17(14-16)8-11-21-20-15-19(24)10-9-18(20)12-13-25(21)22(26)27-23(2,3)4/h5-11,14-15,21H,12-13H2,1-4H3/b11-8+/t21-/m1/s1. The van der Waals surface area contributed by atoms with Gasteiger partial charge < -0.3 is 4.74 Å². The van der Waals surface area contributed by atoms with Crippen LogP contribution in [-0.2, 0) is 11.2 Å². The number of aryl methyl sites for hydroxylation is 1. The zero-order valence-electron chi connectivity index (χ0n) is 16.3. The maximum atomic E-state index is 12.8. The highest BCUT2D eigenvalue weighted by Crippen LogP contribution is 2.34. The molecule has 2 aromatic rings. The summed E-state index contributed by atoms with van der Waals surface area (Å²) in [5.74, 6) is 0. The Morgan fingerprint density at radius 1 is 1.22 bits per heavy atom. The van der Waals surface area contributed by atoms with Crippen LogP contribution in [0.4, 0.5) is 4.79 Å². The van der Waals surface area contributed by atoms with E-state index in [1.54, 1.807) is 4.90 Å². The van der Waals surface area contributed by atoms with Gasteiger partial charge in [0.2, 0.25) is 0 Å². The fourth-order valence-electron chi connectivity index (χ4n) is 3.33. The first-order valence-electron chi connectivity index (χ1n) is 9.26. The molecule has 0 fully saturated rings. The summed E-state index contributed by atoms with van der Waals surface area (Å²) < 4.78 is 5.64. The molecule has 1 heterocycles. The summed E-state index contributed by atoms with van der Waals surface area (Å²) in [4.78, 5) is 14.6. The van der Waals surface area contributed by atoms with Crippen molar-refractivity contribution in [3.8, 4) is 0 Å². The van der Waals surface area contributed by atoms with Crippen molar-refractivity contribution in [2.24, 2.45) is 0 Å². The molecular formula is C23H26ClNO2. The Morgan fingerprint density at radius 3 is 2.70 bits per heavy atom. The maximum absolute atomic E-state index is 12.8. The van der Waals surface area contributed by atoms with Gasteiger partial charge >= 0.3 is 6.09 Å². The van der Waals surface area contributed by atoms with Gasteiger partial charge in [0.1, 0.15) is 5.60 Å². The highest BCUT2D eigenvalue weighted by Gasteiger charge is 2.32. The lowest BCUT2D eigenvalue weighted by molar-refractivity contribution is 0.0185. The molecule has 27 heavy (non-hydrogen) atoms. The van der Waals surface area contributed by atoms with Crippen LogP contribution < -0.4 is 0 Å². The largest absolute Gasteiger partial charge is 0.444 e. The molecular weight excluding hydrogens is 358 g/mol. The molecule has 0 saturated heterocycles.